The van der Waals surface area contributed by atoms with Crippen LogP contribution in [0.1, 0.15) is 20.8 Å². The van der Waals surface area contributed by atoms with Crippen molar-refractivity contribution in [1.29, 1.82) is 0 Å². The minimum absolute atomic E-state index is 0.0255. The van der Waals surface area contributed by atoms with Crippen LogP contribution in [0.25, 0.3) is 0 Å². The Morgan fingerprint density at radius 1 is 1.20 bits per heavy atom. The molecule has 0 aromatic carbocycles. The van der Waals surface area contributed by atoms with E-state index >= 15 is 0 Å². The van der Waals surface area contributed by atoms with Gasteiger partial charge in [0.2, 0.25) is 0 Å². The van der Waals surface area contributed by atoms with Crippen LogP contribution in [0.2, 0.25) is 0 Å². The molecule has 15 heavy (non-hydrogen) atoms. The Bertz CT molecular complexity index is 187. The Kier molecular flexibility index (Phi) is 7.78. The van der Waals surface area contributed by atoms with E-state index in [4.69, 9.17) is 0 Å². The van der Waals surface area contributed by atoms with Crippen molar-refractivity contribution in [2.45, 2.75) is 36.8 Å². The first kappa shape index (κ1) is 17.5. The molecule has 0 aliphatic carbocycles. The largest absolute Gasteiger partial charge is 0.463 e. The van der Waals surface area contributed by atoms with E-state index in [2.05, 4.69) is 39.5 Å². The predicted molar refractivity (Wildman–Crippen MR) is 53.2 cm³/mol. The summed E-state index contributed by atoms with van der Waals surface area (Å²) in [6, 6.07) is 0. The molecular formula is C7H10Cl3F3O2. The van der Waals surface area contributed by atoms with Gasteiger partial charge < -0.3 is 4.74 Å². The van der Waals surface area contributed by atoms with Crippen LogP contribution >= 0.6 is 34.8 Å². The van der Waals surface area contributed by atoms with E-state index in [-0.39, 0.29) is 12.1 Å². The van der Waals surface area contributed by atoms with Crippen molar-refractivity contribution >= 4 is 40.8 Å². The number of hydrogen-bond donors (Lipinski definition) is 0. The lowest BCUT2D eigenvalue weighted by molar-refractivity contribution is -0.144. The lowest BCUT2D eigenvalue weighted by atomic mass is 10.5. The summed E-state index contributed by atoms with van der Waals surface area (Å²) in [5.74, 6) is -0.213. The van der Waals surface area contributed by atoms with E-state index < -0.39 is 9.97 Å². The van der Waals surface area contributed by atoms with E-state index in [0.29, 0.717) is 0 Å². The Balaban J connectivity index is 0. The number of alkyl halides is 6. The maximum absolute atomic E-state index is 11.2. The summed E-state index contributed by atoms with van der Waals surface area (Å²) in [4.78, 5) is 10.0. The third-order valence-electron chi connectivity index (χ3n) is 0.723. The zero-order valence-electron chi connectivity index (χ0n) is 8.16. The Morgan fingerprint density at radius 3 is 1.47 bits per heavy atom. The molecule has 0 rings (SSSR count). The molecule has 0 unspecified atom stereocenters. The third kappa shape index (κ3) is 12.1. The number of halogens is 6. The molecule has 2 nitrogen and oxygen atoms in total. The second kappa shape index (κ2) is 6.66. The first-order valence-corrected chi connectivity index (χ1v) is 4.82. The Hall–Kier alpha value is 0.130. The Morgan fingerprint density at radius 2 is 1.47 bits per heavy atom. The van der Waals surface area contributed by atoms with Crippen LogP contribution < -0.4 is 0 Å². The summed E-state index contributed by atoms with van der Waals surface area (Å²) in [6.45, 7) is 5.04. The van der Waals surface area contributed by atoms with Gasteiger partial charge in [0, 0.05) is 6.92 Å². The quantitative estimate of drug-likeness (QED) is 0.541. The maximum Gasteiger partial charge on any atom is 0.435 e. The molecule has 0 saturated heterocycles. The van der Waals surface area contributed by atoms with Crippen LogP contribution in [-0.4, -0.2) is 22.0 Å². The fraction of sp³-hybridized carbons (Fsp3) is 0.857. The smallest absolute Gasteiger partial charge is 0.435 e. The lowest BCUT2D eigenvalue weighted by Crippen LogP contribution is -2.27. The summed E-state index contributed by atoms with van der Waals surface area (Å²) < 4.78 is 35.0. The topological polar surface area (TPSA) is 26.3 Å². The fourth-order valence-electron chi connectivity index (χ4n) is 0.332. The zero-order chi connectivity index (χ0) is 12.9. The second-order valence-electron chi connectivity index (χ2n) is 2.65. The number of carbonyl (C=O) groups excluding carboxylic acids is 1. The van der Waals surface area contributed by atoms with Crippen LogP contribution in [0.5, 0.6) is 0 Å². The molecule has 0 aromatic heterocycles. The van der Waals surface area contributed by atoms with Crippen LogP contribution in [0, 0.1) is 0 Å². The molecule has 0 aromatic rings. The molecule has 92 valence electrons. The summed E-state index contributed by atoms with van der Waals surface area (Å²) in [5, 5.41) is 0. The monoisotopic (exact) mass is 288 g/mol. The van der Waals surface area contributed by atoms with E-state index in [1.54, 1.807) is 0 Å². The summed E-state index contributed by atoms with van der Waals surface area (Å²) >= 11 is 13.2. The SMILES string of the molecule is CC(=O)OC(C)C.FC(F)(F)C(Cl)(Cl)Cl. The molecule has 0 fully saturated rings. The lowest BCUT2D eigenvalue weighted by Gasteiger charge is -2.13. The van der Waals surface area contributed by atoms with Gasteiger partial charge in [-0.15, -0.1) is 0 Å². The van der Waals surface area contributed by atoms with E-state index in [1.165, 1.54) is 6.92 Å². The summed E-state index contributed by atoms with van der Waals surface area (Å²) in [6.07, 6.45) is -4.74. The van der Waals surface area contributed by atoms with Gasteiger partial charge in [0.15, 0.2) is 0 Å². The zero-order valence-corrected chi connectivity index (χ0v) is 10.4. The number of rotatable bonds is 1. The average Bonchev–Trinajstić information content (AvgIpc) is 1.78. The van der Waals surface area contributed by atoms with E-state index in [9.17, 15) is 18.0 Å². The van der Waals surface area contributed by atoms with Crippen LogP contribution in [0.3, 0.4) is 0 Å². The van der Waals surface area contributed by atoms with E-state index in [1.807, 2.05) is 13.8 Å². The third-order valence-corrected chi connectivity index (χ3v) is 1.37. The van der Waals surface area contributed by atoms with Crippen molar-refractivity contribution in [1.82, 2.24) is 0 Å². The molecule has 8 heteroatoms. The number of hydrogen-bond acceptors (Lipinski definition) is 2. The molecular weight excluding hydrogens is 279 g/mol. The van der Waals surface area contributed by atoms with Crippen molar-refractivity contribution in [3.05, 3.63) is 0 Å². The Labute approximate surface area is 101 Å². The highest BCUT2D eigenvalue weighted by molar-refractivity contribution is 6.68. The highest BCUT2D eigenvalue weighted by Crippen LogP contribution is 2.42. The standard InChI is InChI=1S/C5H10O2.C2Cl3F3/c1-4(2)7-5(3)6;3-1(4,5)2(6,7)8/h4H,1-3H3;. The normalized spacial score (nSPS) is 11.9. The average molecular weight is 290 g/mol. The molecule has 0 bridgehead atoms. The minimum atomic E-state index is -4.77. The fourth-order valence-corrected chi connectivity index (χ4v) is 0.332. The summed E-state index contributed by atoms with van der Waals surface area (Å²) in [7, 11) is 0. The minimum Gasteiger partial charge on any atom is -0.463 e. The van der Waals surface area contributed by atoms with Crippen LogP contribution in [-0.2, 0) is 9.53 Å². The molecule has 0 amide bonds. The van der Waals surface area contributed by atoms with Crippen molar-refractivity contribution in [2.75, 3.05) is 0 Å². The van der Waals surface area contributed by atoms with Crippen molar-refractivity contribution in [3.8, 4) is 0 Å². The number of esters is 1. The van der Waals surface area contributed by atoms with Gasteiger partial charge in [0.05, 0.1) is 6.10 Å². The predicted octanol–water partition coefficient (Wildman–Crippen LogP) is 3.88. The van der Waals surface area contributed by atoms with Gasteiger partial charge in [-0.25, -0.2) is 0 Å². The van der Waals surface area contributed by atoms with Gasteiger partial charge >= 0.3 is 12.1 Å². The van der Waals surface area contributed by atoms with E-state index in [0.717, 1.165) is 0 Å². The summed E-state index contributed by atoms with van der Waals surface area (Å²) in [5.41, 5.74) is 0. The number of ether oxygens (including phenoxy) is 1. The van der Waals surface area contributed by atoms with Gasteiger partial charge in [-0.05, 0) is 13.8 Å². The molecule has 0 spiro atoms. The van der Waals surface area contributed by atoms with Crippen LogP contribution in [0.4, 0.5) is 13.2 Å². The second-order valence-corrected chi connectivity index (χ2v) is 4.93. The highest BCUT2D eigenvalue weighted by Gasteiger charge is 2.51. The molecule has 0 aliphatic heterocycles. The molecule has 0 N–H and O–H groups in total. The van der Waals surface area contributed by atoms with Gasteiger partial charge in [-0.3, -0.25) is 4.79 Å². The van der Waals surface area contributed by atoms with Crippen molar-refractivity contribution < 1.29 is 22.7 Å². The first-order chi connectivity index (χ1) is 6.38. The molecule has 0 atom stereocenters. The van der Waals surface area contributed by atoms with Crippen molar-refractivity contribution in [3.63, 3.8) is 0 Å². The molecule has 0 saturated carbocycles. The van der Waals surface area contributed by atoms with Crippen molar-refractivity contribution in [2.24, 2.45) is 0 Å². The maximum atomic E-state index is 11.2. The molecule has 0 heterocycles. The van der Waals surface area contributed by atoms with Gasteiger partial charge in [0.1, 0.15) is 0 Å². The number of carbonyl (C=O) groups is 1. The molecule has 0 aliphatic rings. The molecule has 0 radical (unpaired) electrons. The first-order valence-electron chi connectivity index (χ1n) is 3.68. The highest BCUT2D eigenvalue weighted by atomic mass is 35.6. The van der Waals surface area contributed by atoms with Gasteiger partial charge in [-0.2, -0.15) is 13.2 Å². The van der Waals surface area contributed by atoms with Crippen LogP contribution in [0.15, 0.2) is 0 Å². The van der Waals surface area contributed by atoms with Gasteiger partial charge in [0.25, 0.3) is 3.79 Å². The van der Waals surface area contributed by atoms with Gasteiger partial charge in [-0.1, -0.05) is 34.8 Å².